The average Bonchev–Trinajstić information content (AvgIpc) is 2.72. The molecule has 0 atom stereocenters. The predicted molar refractivity (Wildman–Crippen MR) is 84.9 cm³/mol. The predicted octanol–water partition coefficient (Wildman–Crippen LogP) is 3.08. The smallest absolute Gasteiger partial charge is 0.268 e. The Morgan fingerprint density at radius 1 is 1.00 bits per heavy atom. The van der Waals surface area contributed by atoms with Crippen LogP contribution in [0.2, 0.25) is 0 Å². The number of aryl methyl sites for hydroxylation is 1. The van der Waals surface area contributed by atoms with E-state index >= 15 is 0 Å². The first kappa shape index (κ1) is 13.7. The summed E-state index contributed by atoms with van der Waals surface area (Å²) in [6.45, 7) is 3.72. The Kier molecular flexibility index (Phi) is 3.02. The Balaban J connectivity index is 2.39. The number of hydrogen-bond donors (Lipinski definition) is 1. The van der Waals surface area contributed by atoms with Crippen molar-refractivity contribution in [3.63, 3.8) is 0 Å². The van der Waals surface area contributed by atoms with Crippen LogP contribution in [0.4, 0.5) is 5.69 Å². The standard InChI is InChI=1S/C16H16N2O2S/c1-11-12(2)18(16-9-8-13(17)10-15(11)16)21(19,20)14-6-4-3-5-7-14/h3-10H,17H2,1-2H3. The van der Waals surface area contributed by atoms with Crippen LogP contribution in [-0.2, 0) is 10.0 Å². The highest BCUT2D eigenvalue weighted by atomic mass is 32.2. The van der Waals surface area contributed by atoms with Gasteiger partial charge < -0.3 is 5.73 Å². The Morgan fingerprint density at radius 2 is 1.67 bits per heavy atom. The number of rotatable bonds is 2. The van der Waals surface area contributed by atoms with Crippen LogP contribution in [0.1, 0.15) is 11.3 Å². The summed E-state index contributed by atoms with van der Waals surface area (Å²) in [5.41, 5.74) is 8.73. The minimum Gasteiger partial charge on any atom is -0.399 e. The SMILES string of the molecule is Cc1c(C)n(S(=O)(=O)c2ccccc2)c2ccc(N)cc12. The van der Waals surface area contributed by atoms with Crippen molar-refractivity contribution in [2.75, 3.05) is 5.73 Å². The fourth-order valence-electron chi connectivity index (χ4n) is 2.57. The lowest BCUT2D eigenvalue weighted by Gasteiger charge is -2.10. The third-order valence-electron chi connectivity index (χ3n) is 3.77. The van der Waals surface area contributed by atoms with Crippen molar-refractivity contribution in [1.29, 1.82) is 0 Å². The number of nitrogen functional groups attached to an aromatic ring is 1. The molecule has 0 unspecified atom stereocenters. The summed E-state index contributed by atoms with van der Waals surface area (Å²) in [6.07, 6.45) is 0. The van der Waals surface area contributed by atoms with Crippen LogP contribution >= 0.6 is 0 Å². The van der Waals surface area contributed by atoms with E-state index in [0.717, 1.165) is 10.9 Å². The van der Waals surface area contributed by atoms with Gasteiger partial charge in [0.25, 0.3) is 10.0 Å². The maximum atomic E-state index is 12.9. The summed E-state index contributed by atoms with van der Waals surface area (Å²) in [7, 11) is -3.61. The molecule has 0 amide bonds. The van der Waals surface area contributed by atoms with E-state index in [0.29, 0.717) is 16.9 Å². The number of nitrogens with two attached hydrogens (primary N) is 1. The second-order valence-electron chi connectivity index (χ2n) is 5.07. The zero-order chi connectivity index (χ0) is 15.2. The number of nitrogens with zero attached hydrogens (tertiary/aromatic N) is 1. The lowest BCUT2D eigenvalue weighted by atomic mass is 10.1. The molecule has 0 aliphatic carbocycles. The first-order chi connectivity index (χ1) is 9.93. The molecule has 1 heterocycles. The number of fused-ring (bicyclic) bond motifs is 1. The number of hydrogen-bond acceptors (Lipinski definition) is 3. The summed E-state index contributed by atoms with van der Waals surface area (Å²) in [5.74, 6) is 0. The van der Waals surface area contributed by atoms with E-state index in [9.17, 15) is 8.42 Å². The van der Waals surface area contributed by atoms with E-state index in [1.807, 2.05) is 19.9 Å². The molecular weight excluding hydrogens is 284 g/mol. The molecule has 21 heavy (non-hydrogen) atoms. The van der Waals surface area contributed by atoms with Crippen molar-refractivity contribution in [2.45, 2.75) is 18.7 Å². The molecule has 0 aliphatic rings. The quantitative estimate of drug-likeness (QED) is 0.740. The molecule has 2 aromatic carbocycles. The highest BCUT2D eigenvalue weighted by Crippen LogP contribution is 2.30. The third-order valence-corrected chi connectivity index (χ3v) is 5.59. The molecular formula is C16H16N2O2S. The van der Waals surface area contributed by atoms with Crippen LogP contribution in [0.3, 0.4) is 0 Å². The molecule has 5 heteroatoms. The van der Waals surface area contributed by atoms with Crippen LogP contribution in [0.15, 0.2) is 53.4 Å². The molecule has 2 N–H and O–H groups in total. The largest absolute Gasteiger partial charge is 0.399 e. The maximum absolute atomic E-state index is 12.9. The Bertz CT molecular complexity index is 926. The van der Waals surface area contributed by atoms with Crippen molar-refractivity contribution >= 4 is 26.6 Å². The second kappa shape index (κ2) is 4.63. The minimum atomic E-state index is -3.61. The fraction of sp³-hybridized carbons (Fsp3) is 0.125. The Morgan fingerprint density at radius 3 is 2.33 bits per heavy atom. The monoisotopic (exact) mass is 300 g/mol. The maximum Gasteiger partial charge on any atom is 0.268 e. The summed E-state index contributed by atoms with van der Waals surface area (Å²) < 4.78 is 27.2. The Labute approximate surface area is 123 Å². The molecule has 0 saturated carbocycles. The van der Waals surface area contributed by atoms with Crippen molar-refractivity contribution < 1.29 is 8.42 Å². The van der Waals surface area contributed by atoms with Crippen molar-refractivity contribution in [1.82, 2.24) is 3.97 Å². The van der Waals surface area contributed by atoms with Gasteiger partial charge in [-0.05, 0) is 49.7 Å². The molecule has 0 radical (unpaired) electrons. The zero-order valence-electron chi connectivity index (χ0n) is 11.9. The molecule has 0 fully saturated rings. The van der Waals surface area contributed by atoms with Gasteiger partial charge in [0.1, 0.15) is 0 Å². The van der Waals surface area contributed by atoms with Gasteiger partial charge in [0.15, 0.2) is 0 Å². The molecule has 108 valence electrons. The second-order valence-corrected chi connectivity index (χ2v) is 6.86. The molecule has 4 nitrogen and oxygen atoms in total. The third kappa shape index (κ3) is 2.01. The molecule has 0 bridgehead atoms. The molecule has 3 aromatic rings. The highest BCUT2D eigenvalue weighted by Gasteiger charge is 2.23. The number of anilines is 1. The summed E-state index contributed by atoms with van der Waals surface area (Å²) in [5, 5.41) is 0.868. The van der Waals surface area contributed by atoms with Crippen molar-refractivity contribution in [3.05, 3.63) is 59.8 Å². The highest BCUT2D eigenvalue weighted by molar-refractivity contribution is 7.90. The van der Waals surface area contributed by atoms with Gasteiger partial charge in [-0.15, -0.1) is 0 Å². The van der Waals surface area contributed by atoms with Crippen molar-refractivity contribution in [3.8, 4) is 0 Å². The van der Waals surface area contributed by atoms with Crippen LogP contribution in [0, 0.1) is 13.8 Å². The Hall–Kier alpha value is -2.27. The van der Waals surface area contributed by atoms with E-state index in [-0.39, 0.29) is 4.90 Å². The summed E-state index contributed by atoms with van der Waals surface area (Å²) >= 11 is 0. The normalized spacial score (nSPS) is 11.9. The van der Waals surface area contributed by atoms with E-state index < -0.39 is 10.0 Å². The lowest BCUT2D eigenvalue weighted by molar-refractivity contribution is 0.588. The molecule has 0 spiro atoms. The van der Waals surface area contributed by atoms with Gasteiger partial charge in [-0.3, -0.25) is 0 Å². The van der Waals surface area contributed by atoms with Gasteiger partial charge in [-0.25, -0.2) is 12.4 Å². The van der Waals surface area contributed by atoms with Crippen LogP contribution in [0.5, 0.6) is 0 Å². The molecule has 0 saturated heterocycles. The van der Waals surface area contributed by atoms with Crippen molar-refractivity contribution in [2.24, 2.45) is 0 Å². The average molecular weight is 300 g/mol. The topological polar surface area (TPSA) is 65.1 Å². The van der Waals surface area contributed by atoms with Gasteiger partial charge in [-0.2, -0.15) is 0 Å². The molecule has 0 aliphatic heterocycles. The van der Waals surface area contributed by atoms with Gasteiger partial charge in [0.05, 0.1) is 10.4 Å². The zero-order valence-corrected chi connectivity index (χ0v) is 12.7. The van der Waals surface area contributed by atoms with Crippen LogP contribution in [0.25, 0.3) is 10.9 Å². The van der Waals surface area contributed by atoms with Crippen LogP contribution in [-0.4, -0.2) is 12.4 Å². The van der Waals surface area contributed by atoms with E-state index in [4.69, 9.17) is 5.73 Å². The number of aromatic nitrogens is 1. The van der Waals surface area contributed by atoms with Gasteiger partial charge in [0, 0.05) is 16.8 Å². The van der Waals surface area contributed by atoms with E-state index in [1.54, 1.807) is 42.5 Å². The van der Waals surface area contributed by atoms with Gasteiger partial charge in [0.2, 0.25) is 0 Å². The first-order valence-electron chi connectivity index (χ1n) is 6.60. The summed E-state index contributed by atoms with van der Waals surface area (Å²) in [4.78, 5) is 0.279. The number of benzene rings is 2. The summed E-state index contributed by atoms with van der Waals surface area (Å²) in [6, 6.07) is 13.7. The fourth-order valence-corrected chi connectivity index (χ4v) is 4.19. The van der Waals surface area contributed by atoms with E-state index in [2.05, 4.69) is 0 Å². The van der Waals surface area contributed by atoms with E-state index in [1.165, 1.54) is 3.97 Å². The molecule has 3 rings (SSSR count). The molecule has 1 aromatic heterocycles. The van der Waals surface area contributed by atoms with Gasteiger partial charge in [-0.1, -0.05) is 18.2 Å². The van der Waals surface area contributed by atoms with Gasteiger partial charge >= 0.3 is 0 Å². The first-order valence-corrected chi connectivity index (χ1v) is 8.04. The lowest BCUT2D eigenvalue weighted by Crippen LogP contribution is -2.14. The van der Waals surface area contributed by atoms with Crippen LogP contribution < -0.4 is 5.73 Å². The minimum absolute atomic E-state index is 0.279.